The molecule has 1 fully saturated rings. The van der Waals surface area contributed by atoms with Crippen LogP contribution >= 0.6 is 0 Å². The van der Waals surface area contributed by atoms with E-state index in [0.29, 0.717) is 41.8 Å². The molecule has 5 rings (SSSR count). The van der Waals surface area contributed by atoms with Gasteiger partial charge in [0.05, 0.1) is 49.2 Å². The maximum Gasteiger partial charge on any atom is 0.294 e. The molecule has 0 saturated carbocycles. The molecule has 5 heterocycles. The summed E-state index contributed by atoms with van der Waals surface area (Å²) in [4.78, 5) is 32.1. The van der Waals surface area contributed by atoms with Crippen LogP contribution in [0.4, 0.5) is 11.4 Å². The summed E-state index contributed by atoms with van der Waals surface area (Å²) in [6, 6.07) is 5.75. The van der Waals surface area contributed by atoms with E-state index >= 15 is 0 Å². The van der Waals surface area contributed by atoms with E-state index in [1.807, 2.05) is 18.3 Å². The molecule has 1 saturated heterocycles. The fourth-order valence-corrected chi connectivity index (χ4v) is 4.48. The van der Waals surface area contributed by atoms with E-state index in [1.165, 1.54) is 0 Å². The molecule has 4 aromatic rings. The molecular formula is C25H29N9O3. The summed E-state index contributed by atoms with van der Waals surface area (Å²) in [6.45, 7) is 5.57. The van der Waals surface area contributed by atoms with E-state index in [0.717, 1.165) is 30.5 Å². The number of aromatic nitrogens is 6. The highest BCUT2D eigenvalue weighted by Crippen LogP contribution is 2.22. The van der Waals surface area contributed by atoms with Crippen LogP contribution < -0.4 is 10.6 Å². The quantitative estimate of drug-likeness (QED) is 0.331. The second-order valence-corrected chi connectivity index (χ2v) is 9.20. The summed E-state index contributed by atoms with van der Waals surface area (Å²) in [7, 11) is 0. The standard InChI is InChI=1S/C25H29N9O3/c1-16-4-3-6-32(16)15-23(36)28-20-11-21(17(2)26-13-20)29-25(37)24-31-30-22-10-18(5-7-34(22)24)19-12-27-33(14-19)8-9-35/h5,7,10-14,16,35H,3-4,6,8-9,15H2,1-2H3,(H,28,36)(H,29,37)/t16-/m0/s1. The first-order valence-corrected chi connectivity index (χ1v) is 12.2. The summed E-state index contributed by atoms with van der Waals surface area (Å²) in [5.74, 6) is -0.442. The van der Waals surface area contributed by atoms with Crippen molar-refractivity contribution in [1.29, 1.82) is 0 Å². The molecule has 12 heteroatoms. The van der Waals surface area contributed by atoms with Gasteiger partial charge in [-0.2, -0.15) is 5.10 Å². The number of nitrogens with one attached hydrogen (secondary N) is 2. The average molecular weight is 504 g/mol. The number of hydrogen-bond donors (Lipinski definition) is 3. The molecule has 192 valence electrons. The maximum absolute atomic E-state index is 13.1. The van der Waals surface area contributed by atoms with Gasteiger partial charge in [-0.05, 0) is 57.0 Å². The third kappa shape index (κ3) is 5.34. The molecule has 3 N–H and O–H groups in total. The topological polar surface area (TPSA) is 143 Å². The van der Waals surface area contributed by atoms with Crippen molar-refractivity contribution >= 4 is 28.8 Å². The number of pyridine rings is 2. The SMILES string of the molecule is Cc1ncc(NC(=O)CN2CCC[C@@H]2C)cc1NC(=O)c1nnc2cc(-c3cnn(CCO)c3)ccn12. The fourth-order valence-electron chi connectivity index (χ4n) is 4.48. The second-order valence-electron chi connectivity index (χ2n) is 9.20. The van der Waals surface area contributed by atoms with Crippen molar-refractivity contribution in [1.82, 2.24) is 34.3 Å². The summed E-state index contributed by atoms with van der Waals surface area (Å²) < 4.78 is 3.25. The predicted octanol–water partition coefficient (Wildman–Crippen LogP) is 1.96. The Hall–Kier alpha value is -4.16. The van der Waals surface area contributed by atoms with Crippen molar-refractivity contribution in [2.75, 3.05) is 30.3 Å². The lowest BCUT2D eigenvalue weighted by Gasteiger charge is -2.20. The van der Waals surface area contributed by atoms with Gasteiger partial charge in [-0.15, -0.1) is 10.2 Å². The van der Waals surface area contributed by atoms with E-state index in [-0.39, 0.29) is 18.3 Å². The first kappa shape index (κ1) is 24.5. The summed E-state index contributed by atoms with van der Waals surface area (Å²) in [5, 5.41) is 27.3. The Morgan fingerprint density at radius 3 is 2.81 bits per heavy atom. The van der Waals surface area contributed by atoms with Crippen molar-refractivity contribution in [3.05, 3.63) is 54.5 Å². The van der Waals surface area contributed by atoms with Crippen LogP contribution in [-0.4, -0.2) is 76.9 Å². The normalized spacial score (nSPS) is 15.8. The molecule has 0 radical (unpaired) electrons. The van der Waals surface area contributed by atoms with Crippen molar-refractivity contribution in [2.24, 2.45) is 0 Å². The van der Waals surface area contributed by atoms with Gasteiger partial charge in [0, 0.05) is 24.0 Å². The van der Waals surface area contributed by atoms with Gasteiger partial charge in [-0.25, -0.2) is 0 Å². The number of carbonyl (C=O) groups excluding carboxylic acids is 2. The Labute approximate surface area is 213 Å². The Bertz CT molecular complexity index is 1440. The molecule has 0 spiro atoms. The number of anilines is 2. The molecule has 1 atom stereocenters. The van der Waals surface area contributed by atoms with Crippen molar-refractivity contribution in [3.8, 4) is 11.1 Å². The number of rotatable bonds is 8. The molecule has 12 nitrogen and oxygen atoms in total. The minimum atomic E-state index is -0.449. The van der Waals surface area contributed by atoms with Gasteiger partial charge in [0.2, 0.25) is 11.7 Å². The third-order valence-corrected chi connectivity index (χ3v) is 6.56. The monoisotopic (exact) mass is 503 g/mol. The molecular weight excluding hydrogens is 474 g/mol. The Balaban J connectivity index is 1.29. The number of aliphatic hydroxyl groups excluding tert-OH is 1. The van der Waals surface area contributed by atoms with E-state index in [4.69, 9.17) is 5.11 Å². The first-order valence-electron chi connectivity index (χ1n) is 12.2. The molecule has 37 heavy (non-hydrogen) atoms. The van der Waals surface area contributed by atoms with E-state index in [1.54, 1.807) is 40.7 Å². The molecule has 0 aromatic carbocycles. The molecule has 1 aliphatic rings. The highest BCUT2D eigenvalue weighted by atomic mass is 16.3. The number of nitrogens with zero attached hydrogens (tertiary/aromatic N) is 7. The van der Waals surface area contributed by atoms with Crippen molar-refractivity contribution in [3.63, 3.8) is 0 Å². The van der Waals surface area contributed by atoms with E-state index in [9.17, 15) is 9.59 Å². The van der Waals surface area contributed by atoms with Gasteiger partial charge in [0.1, 0.15) is 0 Å². The van der Waals surface area contributed by atoms with E-state index < -0.39 is 5.91 Å². The van der Waals surface area contributed by atoms with Gasteiger partial charge in [0.15, 0.2) is 5.65 Å². The highest BCUT2D eigenvalue weighted by Gasteiger charge is 2.22. The van der Waals surface area contributed by atoms with Crippen LogP contribution in [0.1, 0.15) is 36.1 Å². The van der Waals surface area contributed by atoms with Gasteiger partial charge in [-0.3, -0.25) is 28.6 Å². The summed E-state index contributed by atoms with van der Waals surface area (Å²) in [6.07, 6.45) is 9.04. The Kier molecular flexibility index (Phi) is 6.93. The van der Waals surface area contributed by atoms with Gasteiger partial charge in [-0.1, -0.05) is 0 Å². The molecule has 1 aliphatic heterocycles. The zero-order valence-corrected chi connectivity index (χ0v) is 20.8. The molecule has 0 bridgehead atoms. The average Bonchev–Trinajstić information content (AvgIpc) is 3.61. The second kappa shape index (κ2) is 10.4. The number of hydrogen-bond acceptors (Lipinski definition) is 8. The highest BCUT2D eigenvalue weighted by molar-refractivity contribution is 6.03. The van der Waals surface area contributed by atoms with Gasteiger partial charge in [0.25, 0.3) is 5.91 Å². The number of carbonyl (C=O) groups is 2. The first-order chi connectivity index (χ1) is 17.9. The lowest BCUT2D eigenvalue weighted by Crippen LogP contribution is -2.35. The fraction of sp³-hybridized carbons (Fsp3) is 0.360. The molecule has 4 aromatic heterocycles. The minimum Gasteiger partial charge on any atom is -0.394 e. The molecule has 2 amide bonds. The number of fused-ring (bicyclic) bond motifs is 1. The number of likely N-dealkylation sites (tertiary alicyclic amines) is 1. The lowest BCUT2D eigenvalue weighted by atomic mass is 10.1. The number of aliphatic hydroxyl groups is 1. The summed E-state index contributed by atoms with van der Waals surface area (Å²) >= 11 is 0. The third-order valence-electron chi connectivity index (χ3n) is 6.56. The summed E-state index contributed by atoms with van der Waals surface area (Å²) in [5.41, 5.74) is 3.82. The minimum absolute atomic E-state index is 0.00492. The van der Waals surface area contributed by atoms with Crippen LogP contribution in [0, 0.1) is 6.92 Å². The van der Waals surface area contributed by atoms with Crippen LogP contribution in [0.25, 0.3) is 16.8 Å². The van der Waals surface area contributed by atoms with Crippen LogP contribution in [0.3, 0.4) is 0 Å². The Morgan fingerprint density at radius 2 is 2.03 bits per heavy atom. The largest absolute Gasteiger partial charge is 0.394 e. The number of aryl methyl sites for hydroxylation is 1. The van der Waals surface area contributed by atoms with Crippen molar-refractivity contribution in [2.45, 2.75) is 39.3 Å². The maximum atomic E-state index is 13.1. The predicted molar refractivity (Wildman–Crippen MR) is 137 cm³/mol. The van der Waals surface area contributed by atoms with Crippen molar-refractivity contribution < 1.29 is 14.7 Å². The number of amides is 2. The van der Waals surface area contributed by atoms with Crippen LogP contribution in [0.15, 0.2) is 43.0 Å². The van der Waals surface area contributed by atoms with Crippen LogP contribution in [0.2, 0.25) is 0 Å². The van der Waals surface area contributed by atoms with Gasteiger partial charge < -0.3 is 15.7 Å². The zero-order valence-electron chi connectivity index (χ0n) is 20.8. The molecule has 0 aliphatic carbocycles. The zero-order chi connectivity index (χ0) is 25.9. The smallest absolute Gasteiger partial charge is 0.294 e. The van der Waals surface area contributed by atoms with Gasteiger partial charge >= 0.3 is 0 Å². The van der Waals surface area contributed by atoms with Crippen LogP contribution in [-0.2, 0) is 11.3 Å². The van der Waals surface area contributed by atoms with Crippen LogP contribution in [0.5, 0.6) is 0 Å². The van der Waals surface area contributed by atoms with E-state index in [2.05, 4.69) is 42.7 Å². The molecule has 0 unspecified atom stereocenters. The lowest BCUT2D eigenvalue weighted by molar-refractivity contribution is -0.117. The Morgan fingerprint density at radius 1 is 1.16 bits per heavy atom.